The first-order valence-electron chi connectivity index (χ1n) is 7.93. The number of hydrogen-bond donors (Lipinski definition) is 0. The van der Waals surface area contributed by atoms with E-state index in [0.29, 0.717) is 23.3 Å². The molecule has 1 aliphatic heterocycles. The predicted octanol–water partition coefficient (Wildman–Crippen LogP) is 1.78. The molecular weight excluding hydrogens is 320 g/mol. The van der Waals surface area contributed by atoms with Gasteiger partial charge in [-0.2, -0.15) is 0 Å². The monoisotopic (exact) mass is 336 g/mol. The van der Waals surface area contributed by atoms with E-state index in [1.807, 2.05) is 24.3 Å². The van der Waals surface area contributed by atoms with Crippen LogP contribution in [0.15, 0.2) is 53.7 Å². The molecule has 4 rings (SSSR count). The van der Waals surface area contributed by atoms with Crippen molar-refractivity contribution >= 4 is 22.6 Å². The summed E-state index contributed by atoms with van der Waals surface area (Å²) in [5.74, 6) is 0.654. The lowest BCUT2D eigenvalue weighted by atomic mass is 10.2. The molecule has 1 fully saturated rings. The summed E-state index contributed by atoms with van der Waals surface area (Å²) in [5.41, 5.74) is 0.997. The zero-order valence-corrected chi connectivity index (χ0v) is 13.6. The molecule has 1 atom stereocenters. The van der Waals surface area contributed by atoms with Gasteiger partial charge in [0.15, 0.2) is 5.65 Å². The fraction of sp³-hybridized carbons (Fsp3) is 0.222. The summed E-state index contributed by atoms with van der Waals surface area (Å²) in [6.45, 7) is 0.416. The number of benzene rings is 1. The Morgan fingerprint density at radius 2 is 2.04 bits per heavy atom. The fourth-order valence-corrected chi connectivity index (χ4v) is 3.14. The maximum Gasteiger partial charge on any atom is 0.263 e. The fourth-order valence-electron chi connectivity index (χ4n) is 3.14. The van der Waals surface area contributed by atoms with Gasteiger partial charge in [-0.25, -0.2) is 9.97 Å². The molecule has 7 nitrogen and oxygen atoms in total. The van der Waals surface area contributed by atoms with Crippen LogP contribution in [0.4, 0.5) is 5.69 Å². The van der Waals surface area contributed by atoms with Crippen LogP contribution in [0, 0.1) is 0 Å². The van der Waals surface area contributed by atoms with Gasteiger partial charge in [-0.15, -0.1) is 0 Å². The summed E-state index contributed by atoms with van der Waals surface area (Å²) in [4.78, 5) is 35.2. The number of methoxy groups -OCH3 is 1. The van der Waals surface area contributed by atoms with Gasteiger partial charge in [0.05, 0.1) is 18.5 Å². The summed E-state index contributed by atoms with van der Waals surface area (Å²) in [7, 11) is 1.59. The molecule has 0 aliphatic carbocycles. The third-order valence-corrected chi connectivity index (χ3v) is 4.42. The van der Waals surface area contributed by atoms with Crippen LogP contribution >= 0.6 is 0 Å². The molecule has 126 valence electrons. The number of pyridine rings is 1. The lowest BCUT2D eigenvalue weighted by Gasteiger charge is -2.18. The molecule has 0 saturated carbocycles. The molecule has 2 aromatic heterocycles. The van der Waals surface area contributed by atoms with Gasteiger partial charge >= 0.3 is 0 Å². The van der Waals surface area contributed by atoms with Gasteiger partial charge in [0.25, 0.3) is 5.56 Å². The number of carbonyl (C=O) groups is 1. The Kier molecular flexibility index (Phi) is 3.68. The highest BCUT2D eigenvalue weighted by Gasteiger charge is 2.32. The van der Waals surface area contributed by atoms with Crippen LogP contribution in [0.1, 0.15) is 12.5 Å². The van der Waals surface area contributed by atoms with Crippen LogP contribution in [0.3, 0.4) is 0 Å². The number of hydrogen-bond acceptors (Lipinski definition) is 5. The molecule has 7 heteroatoms. The summed E-state index contributed by atoms with van der Waals surface area (Å²) >= 11 is 0. The van der Waals surface area contributed by atoms with Crippen LogP contribution in [-0.2, 0) is 4.79 Å². The van der Waals surface area contributed by atoms with Gasteiger partial charge in [-0.1, -0.05) is 6.07 Å². The first-order chi connectivity index (χ1) is 12.2. The van der Waals surface area contributed by atoms with Crippen LogP contribution in [-0.4, -0.2) is 34.1 Å². The lowest BCUT2D eigenvalue weighted by Crippen LogP contribution is -2.28. The van der Waals surface area contributed by atoms with Crippen molar-refractivity contribution in [3.63, 3.8) is 0 Å². The van der Waals surface area contributed by atoms with Crippen LogP contribution < -0.4 is 15.2 Å². The van der Waals surface area contributed by atoms with Gasteiger partial charge in [-0.3, -0.25) is 14.2 Å². The van der Waals surface area contributed by atoms with Crippen molar-refractivity contribution in [3.8, 4) is 5.75 Å². The van der Waals surface area contributed by atoms with Crippen LogP contribution in [0.5, 0.6) is 5.75 Å². The Morgan fingerprint density at radius 3 is 2.88 bits per heavy atom. The topological polar surface area (TPSA) is 77.3 Å². The van der Waals surface area contributed by atoms with E-state index in [0.717, 1.165) is 5.69 Å². The molecular formula is C18H16N4O3. The van der Waals surface area contributed by atoms with Crippen molar-refractivity contribution in [1.82, 2.24) is 14.5 Å². The van der Waals surface area contributed by atoms with Crippen molar-refractivity contribution < 1.29 is 9.53 Å². The molecule has 1 aromatic carbocycles. The van der Waals surface area contributed by atoms with Crippen molar-refractivity contribution in [3.05, 3.63) is 59.3 Å². The number of amides is 1. The molecule has 3 heterocycles. The molecule has 1 amide bonds. The highest BCUT2D eigenvalue weighted by atomic mass is 16.5. The minimum absolute atomic E-state index is 0.0311. The quantitative estimate of drug-likeness (QED) is 0.728. The number of nitrogens with zero attached hydrogens (tertiary/aromatic N) is 4. The highest BCUT2D eigenvalue weighted by molar-refractivity contribution is 5.96. The van der Waals surface area contributed by atoms with Crippen LogP contribution in [0.2, 0.25) is 0 Å². The summed E-state index contributed by atoms with van der Waals surface area (Å²) in [6, 6.07) is 10.5. The van der Waals surface area contributed by atoms with E-state index < -0.39 is 0 Å². The number of aromatic nitrogens is 3. The largest absolute Gasteiger partial charge is 0.497 e. The normalized spacial score (nSPS) is 17.2. The van der Waals surface area contributed by atoms with Gasteiger partial charge in [0, 0.05) is 30.9 Å². The van der Waals surface area contributed by atoms with Crippen molar-refractivity contribution in [2.24, 2.45) is 0 Å². The first kappa shape index (κ1) is 15.3. The van der Waals surface area contributed by atoms with Gasteiger partial charge < -0.3 is 9.64 Å². The van der Waals surface area contributed by atoms with E-state index in [1.54, 1.807) is 30.3 Å². The minimum atomic E-state index is -0.261. The maximum absolute atomic E-state index is 12.7. The molecule has 3 aromatic rings. The Morgan fingerprint density at radius 1 is 1.16 bits per heavy atom. The Balaban J connectivity index is 1.68. The van der Waals surface area contributed by atoms with Crippen molar-refractivity contribution in [1.29, 1.82) is 0 Å². The van der Waals surface area contributed by atoms with Gasteiger partial charge in [0.1, 0.15) is 12.1 Å². The lowest BCUT2D eigenvalue weighted by molar-refractivity contribution is -0.117. The van der Waals surface area contributed by atoms with E-state index in [9.17, 15) is 9.59 Å². The van der Waals surface area contributed by atoms with Crippen molar-refractivity contribution in [2.75, 3.05) is 18.6 Å². The molecule has 0 spiro atoms. The second-order valence-electron chi connectivity index (χ2n) is 5.90. The molecule has 25 heavy (non-hydrogen) atoms. The standard InChI is InChI=1S/C18H16N4O3/c1-25-14-5-2-4-12(8-14)21-10-13(9-16(21)23)22-11-20-17-15(18(22)24)6-3-7-19-17/h2-8,11,13H,9-10H2,1H3/t13-/m0/s1. The summed E-state index contributed by atoms with van der Waals surface area (Å²) in [5, 5.41) is 0.456. The molecule has 1 aliphatic rings. The molecule has 0 bridgehead atoms. The number of fused-ring (bicyclic) bond motifs is 1. The number of carbonyl (C=O) groups excluding carboxylic acids is 1. The summed E-state index contributed by atoms with van der Waals surface area (Å²) < 4.78 is 6.75. The second-order valence-corrected chi connectivity index (χ2v) is 5.90. The summed E-state index contributed by atoms with van der Waals surface area (Å²) in [6.07, 6.45) is 3.33. The zero-order valence-electron chi connectivity index (χ0n) is 13.6. The van der Waals surface area contributed by atoms with Crippen molar-refractivity contribution in [2.45, 2.75) is 12.5 Å². The second kappa shape index (κ2) is 6.01. The van der Waals surface area contributed by atoms with E-state index in [4.69, 9.17) is 4.74 Å². The number of ether oxygens (including phenoxy) is 1. The number of rotatable bonds is 3. The van der Waals surface area contributed by atoms with E-state index >= 15 is 0 Å². The first-order valence-corrected chi connectivity index (χ1v) is 7.93. The maximum atomic E-state index is 12.7. The predicted molar refractivity (Wildman–Crippen MR) is 92.8 cm³/mol. The van der Waals surface area contributed by atoms with Gasteiger partial charge in [-0.05, 0) is 24.3 Å². The average molecular weight is 336 g/mol. The third-order valence-electron chi connectivity index (χ3n) is 4.42. The van der Waals surface area contributed by atoms with E-state index in [-0.39, 0.29) is 23.9 Å². The van der Waals surface area contributed by atoms with Gasteiger partial charge in [0.2, 0.25) is 5.91 Å². The molecule has 1 saturated heterocycles. The Labute approximate surface area is 143 Å². The van der Waals surface area contributed by atoms with Crippen LogP contribution in [0.25, 0.3) is 11.0 Å². The Hall–Kier alpha value is -3.22. The molecule has 0 N–H and O–H groups in total. The van der Waals surface area contributed by atoms with E-state index in [1.165, 1.54) is 10.9 Å². The Bertz CT molecular complexity index is 1010. The highest BCUT2D eigenvalue weighted by Crippen LogP contribution is 2.29. The zero-order chi connectivity index (χ0) is 17.4. The minimum Gasteiger partial charge on any atom is -0.497 e. The van der Waals surface area contributed by atoms with E-state index in [2.05, 4.69) is 9.97 Å². The third kappa shape index (κ3) is 2.63. The molecule has 0 unspecified atom stereocenters. The average Bonchev–Trinajstić information content (AvgIpc) is 3.04. The smallest absolute Gasteiger partial charge is 0.263 e. The SMILES string of the molecule is COc1cccc(N2C[C@@H](n3cnc4ncccc4c3=O)CC2=O)c1. The number of anilines is 1. The molecule has 0 radical (unpaired) electrons.